The lowest BCUT2D eigenvalue weighted by Gasteiger charge is -2.22. The van der Waals surface area contributed by atoms with Crippen LogP contribution >= 0.6 is 0 Å². The predicted octanol–water partition coefficient (Wildman–Crippen LogP) is 2.34. The summed E-state index contributed by atoms with van der Waals surface area (Å²) in [6, 6.07) is 0. The van der Waals surface area contributed by atoms with Crippen molar-refractivity contribution >= 4 is 11.9 Å². The maximum absolute atomic E-state index is 12.2. The molecule has 0 saturated carbocycles. The number of amides is 1. The number of carboxylic acid groups (broad SMARTS) is 1. The summed E-state index contributed by atoms with van der Waals surface area (Å²) in [4.78, 5) is 21.7. The third-order valence-electron chi connectivity index (χ3n) is 2.43. The minimum absolute atomic E-state index is 0.0261. The lowest BCUT2D eigenvalue weighted by molar-refractivity contribution is -0.274. The smallest absolute Gasteiger partial charge is 0.409 e. The van der Waals surface area contributed by atoms with E-state index in [1.165, 1.54) is 5.32 Å². The minimum Gasteiger partial charge on any atom is -0.481 e. The first kappa shape index (κ1) is 18.5. The van der Waals surface area contributed by atoms with Crippen molar-refractivity contribution in [3.63, 3.8) is 0 Å². The van der Waals surface area contributed by atoms with Crippen LogP contribution in [0.1, 0.15) is 19.8 Å². The van der Waals surface area contributed by atoms with E-state index in [2.05, 4.69) is 0 Å². The molecule has 0 aliphatic heterocycles. The second-order valence-electron chi connectivity index (χ2n) is 4.09. The summed E-state index contributed by atoms with van der Waals surface area (Å²) < 4.78 is 73.2. The highest BCUT2D eigenvalue weighted by Gasteiger charge is 2.61. The SMILES string of the molecule is CCCC(CNC(=O)C(C(F)(F)F)C(F)(F)F)C(=O)O. The third-order valence-corrected chi connectivity index (χ3v) is 2.43. The van der Waals surface area contributed by atoms with Gasteiger partial charge in [0, 0.05) is 6.54 Å². The fourth-order valence-corrected chi connectivity index (χ4v) is 1.47. The topological polar surface area (TPSA) is 66.4 Å². The minimum atomic E-state index is -5.79. The Morgan fingerprint density at radius 3 is 1.85 bits per heavy atom. The van der Waals surface area contributed by atoms with Gasteiger partial charge in [-0.1, -0.05) is 13.3 Å². The molecule has 0 rings (SSSR count). The Kier molecular flexibility index (Phi) is 6.30. The molecule has 2 N–H and O–H groups in total. The van der Waals surface area contributed by atoms with Crippen LogP contribution in [-0.2, 0) is 9.59 Å². The molecule has 0 heterocycles. The largest absolute Gasteiger partial charge is 0.481 e. The van der Waals surface area contributed by atoms with Crippen molar-refractivity contribution in [3.05, 3.63) is 0 Å². The van der Waals surface area contributed by atoms with Crippen LogP contribution in [0.4, 0.5) is 26.3 Å². The number of aliphatic carboxylic acids is 1. The molecule has 0 aliphatic carbocycles. The molecule has 0 radical (unpaired) electrons. The summed E-state index contributed by atoms with van der Waals surface area (Å²) in [6.45, 7) is 0.802. The fraction of sp³-hybridized carbons (Fsp3) is 0.800. The second kappa shape index (κ2) is 6.80. The first-order chi connectivity index (χ1) is 8.91. The number of carboxylic acids is 1. The standard InChI is InChI=1S/C10H13F6NO3/c1-2-3-5(8(19)20)4-17-7(18)6(9(11,12)13)10(14,15)16/h5-6H,2-4H2,1H3,(H,17,18)(H,19,20). The van der Waals surface area contributed by atoms with E-state index in [4.69, 9.17) is 5.11 Å². The van der Waals surface area contributed by atoms with E-state index in [1.54, 1.807) is 6.92 Å². The van der Waals surface area contributed by atoms with Gasteiger partial charge >= 0.3 is 18.3 Å². The summed E-state index contributed by atoms with van der Waals surface area (Å²) in [5, 5.41) is 10.1. The summed E-state index contributed by atoms with van der Waals surface area (Å²) in [5.41, 5.74) is 0. The van der Waals surface area contributed by atoms with E-state index in [-0.39, 0.29) is 6.42 Å². The van der Waals surface area contributed by atoms with Crippen LogP contribution < -0.4 is 5.32 Å². The molecule has 0 aromatic rings. The van der Waals surface area contributed by atoms with Gasteiger partial charge < -0.3 is 10.4 Å². The summed E-state index contributed by atoms with van der Waals surface area (Å²) in [7, 11) is 0. The zero-order valence-electron chi connectivity index (χ0n) is 10.3. The van der Waals surface area contributed by atoms with Gasteiger partial charge in [0.05, 0.1) is 5.92 Å². The summed E-state index contributed by atoms with van der Waals surface area (Å²) in [6.07, 6.45) is -11.2. The molecule has 0 spiro atoms. The number of hydrogen-bond donors (Lipinski definition) is 2. The quantitative estimate of drug-likeness (QED) is 0.740. The number of alkyl halides is 6. The molecule has 1 amide bonds. The van der Waals surface area contributed by atoms with Crippen LogP contribution in [0.25, 0.3) is 0 Å². The van der Waals surface area contributed by atoms with Crippen molar-refractivity contribution in [2.24, 2.45) is 11.8 Å². The highest BCUT2D eigenvalue weighted by Crippen LogP contribution is 2.39. The van der Waals surface area contributed by atoms with Gasteiger partial charge in [-0.3, -0.25) is 9.59 Å². The molecular formula is C10H13F6NO3. The van der Waals surface area contributed by atoms with Crippen molar-refractivity contribution in [1.82, 2.24) is 5.32 Å². The Morgan fingerprint density at radius 2 is 1.55 bits per heavy atom. The Morgan fingerprint density at radius 1 is 1.10 bits per heavy atom. The molecule has 4 nitrogen and oxygen atoms in total. The molecule has 0 fully saturated rings. The van der Waals surface area contributed by atoms with Crippen LogP contribution in [0.15, 0.2) is 0 Å². The lowest BCUT2D eigenvalue weighted by Crippen LogP contribution is -2.49. The van der Waals surface area contributed by atoms with E-state index < -0.39 is 42.6 Å². The Hall–Kier alpha value is -1.48. The van der Waals surface area contributed by atoms with Gasteiger partial charge in [0.15, 0.2) is 0 Å². The Bertz CT molecular complexity index is 338. The van der Waals surface area contributed by atoms with Gasteiger partial charge in [-0.15, -0.1) is 0 Å². The molecule has 0 aromatic carbocycles. The zero-order valence-corrected chi connectivity index (χ0v) is 10.3. The number of halogens is 6. The molecule has 1 unspecified atom stereocenters. The van der Waals surface area contributed by atoms with Crippen molar-refractivity contribution < 1.29 is 41.0 Å². The molecule has 20 heavy (non-hydrogen) atoms. The molecule has 0 aromatic heterocycles. The maximum Gasteiger partial charge on any atom is 0.409 e. The number of carbonyl (C=O) groups excluding carboxylic acids is 1. The predicted molar refractivity (Wildman–Crippen MR) is 54.6 cm³/mol. The van der Waals surface area contributed by atoms with Crippen LogP contribution in [0, 0.1) is 11.8 Å². The summed E-state index contributed by atoms with van der Waals surface area (Å²) >= 11 is 0. The number of rotatable bonds is 6. The van der Waals surface area contributed by atoms with Gasteiger partial charge in [-0.2, -0.15) is 26.3 Å². The average molecular weight is 309 g/mol. The van der Waals surface area contributed by atoms with Gasteiger partial charge in [0.25, 0.3) is 0 Å². The Balaban J connectivity index is 4.83. The molecular weight excluding hydrogens is 296 g/mol. The fourth-order valence-electron chi connectivity index (χ4n) is 1.47. The van der Waals surface area contributed by atoms with Gasteiger partial charge in [0.2, 0.25) is 11.8 Å². The molecule has 0 aliphatic rings. The van der Waals surface area contributed by atoms with Crippen molar-refractivity contribution in [2.45, 2.75) is 32.1 Å². The lowest BCUT2D eigenvalue weighted by atomic mass is 10.0. The van der Waals surface area contributed by atoms with Crippen molar-refractivity contribution in [2.75, 3.05) is 6.54 Å². The van der Waals surface area contributed by atoms with Gasteiger partial charge in [-0.05, 0) is 6.42 Å². The van der Waals surface area contributed by atoms with Crippen LogP contribution in [0.3, 0.4) is 0 Å². The monoisotopic (exact) mass is 309 g/mol. The number of hydrogen-bond acceptors (Lipinski definition) is 2. The van der Waals surface area contributed by atoms with E-state index in [1.807, 2.05) is 0 Å². The van der Waals surface area contributed by atoms with Crippen LogP contribution in [0.5, 0.6) is 0 Å². The number of nitrogens with one attached hydrogen (secondary N) is 1. The third kappa shape index (κ3) is 5.66. The average Bonchev–Trinajstić information content (AvgIpc) is 2.19. The molecule has 0 saturated heterocycles. The van der Waals surface area contributed by atoms with Gasteiger partial charge in [0.1, 0.15) is 0 Å². The Labute approximate surface area is 110 Å². The van der Waals surface area contributed by atoms with Crippen LogP contribution in [-0.4, -0.2) is 35.9 Å². The van der Waals surface area contributed by atoms with Crippen molar-refractivity contribution in [3.8, 4) is 0 Å². The zero-order chi connectivity index (χ0) is 16.1. The second-order valence-corrected chi connectivity index (χ2v) is 4.09. The normalized spacial score (nSPS) is 14.2. The molecule has 10 heteroatoms. The number of carbonyl (C=O) groups is 2. The highest BCUT2D eigenvalue weighted by atomic mass is 19.4. The molecule has 0 bridgehead atoms. The van der Waals surface area contributed by atoms with Crippen molar-refractivity contribution in [1.29, 1.82) is 0 Å². The molecule has 1 atom stereocenters. The van der Waals surface area contributed by atoms with E-state index in [0.717, 1.165) is 0 Å². The van der Waals surface area contributed by atoms with Crippen LogP contribution in [0.2, 0.25) is 0 Å². The van der Waals surface area contributed by atoms with E-state index in [0.29, 0.717) is 6.42 Å². The molecule has 118 valence electrons. The van der Waals surface area contributed by atoms with E-state index in [9.17, 15) is 35.9 Å². The maximum atomic E-state index is 12.2. The highest BCUT2D eigenvalue weighted by molar-refractivity contribution is 5.81. The first-order valence-corrected chi connectivity index (χ1v) is 5.55. The van der Waals surface area contributed by atoms with E-state index >= 15 is 0 Å². The van der Waals surface area contributed by atoms with Gasteiger partial charge in [-0.25, -0.2) is 0 Å². The summed E-state index contributed by atoms with van der Waals surface area (Å²) in [5.74, 6) is -9.09. The first-order valence-electron chi connectivity index (χ1n) is 5.55.